The van der Waals surface area contributed by atoms with Crippen LogP contribution in [0.5, 0.6) is 0 Å². The number of aromatic nitrogens is 2. The second kappa shape index (κ2) is 7.55. The summed E-state index contributed by atoms with van der Waals surface area (Å²) in [4.78, 5) is 24.9. The van der Waals surface area contributed by atoms with Crippen molar-refractivity contribution in [2.75, 3.05) is 6.61 Å². The standard InChI is InChI=1S/C18H23N3O5/c1-11-2-4-12(5-3-11)6-8-20-14(23)7-9-21(18(20)25)17-15(19)16(24)13(10-22)26-17/h2-5,7,9,13,15-17,22,24H,6,8,10,19H2,1H3/t13-,15+,16?,17-/m1/s1. The molecule has 1 unspecified atom stereocenters. The molecule has 2 heterocycles. The average molecular weight is 361 g/mol. The van der Waals surface area contributed by atoms with Gasteiger partial charge in [-0.25, -0.2) is 4.79 Å². The van der Waals surface area contributed by atoms with Crippen LogP contribution in [0.1, 0.15) is 17.4 Å². The first-order valence-electron chi connectivity index (χ1n) is 8.50. The smallest absolute Gasteiger partial charge is 0.333 e. The van der Waals surface area contributed by atoms with Crippen molar-refractivity contribution >= 4 is 0 Å². The Kier molecular flexibility index (Phi) is 5.38. The SMILES string of the molecule is Cc1ccc(CCn2c(=O)ccn([C@@H]3O[C@H](CO)C(O)[C@@H]3N)c2=O)cc1. The number of rotatable bonds is 5. The molecule has 0 aliphatic carbocycles. The largest absolute Gasteiger partial charge is 0.394 e. The van der Waals surface area contributed by atoms with E-state index in [1.54, 1.807) is 0 Å². The quantitative estimate of drug-likeness (QED) is 0.637. The maximum Gasteiger partial charge on any atom is 0.333 e. The van der Waals surface area contributed by atoms with E-state index in [4.69, 9.17) is 10.5 Å². The second-order valence-corrected chi connectivity index (χ2v) is 6.55. The van der Waals surface area contributed by atoms with Crippen LogP contribution in [0.15, 0.2) is 46.1 Å². The molecule has 4 N–H and O–H groups in total. The molecule has 1 aliphatic rings. The minimum absolute atomic E-state index is 0.218. The minimum Gasteiger partial charge on any atom is -0.394 e. The second-order valence-electron chi connectivity index (χ2n) is 6.55. The van der Waals surface area contributed by atoms with Gasteiger partial charge in [0, 0.05) is 18.8 Å². The lowest BCUT2D eigenvalue weighted by molar-refractivity contribution is -0.0469. The molecule has 0 radical (unpaired) electrons. The zero-order valence-electron chi connectivity index (χ0n) is 14.5. The molecule has 2 aromatic rings. The summed E-state index contributed by atoms with van der Waals surface area (Å²) in [5.74, 6) is 0. The number of hydrogen-bond acceptors (Lipinski definition) is 6. The van der Waals surface area contributed by atoms with Gasteiger partial charge in [0.05, 0.1) is 12.6 Å². The van der Waals surface area contributed by atoms with Crippen molar-refractivity contribution in [1.82, 2.24) is 9.13 Å². The third-order valence-electron chi connectivity index (χ3n) is 4.71. The molecule has 0 spiro atoms. The summed E-state index contributed by atoms with van der Waals surface area (Å²) in [5, 5.41) is 19.2. The van der Waals surface area contributed by atoms with Gasteiger partial charge in [-0.1, -0.05) is 29.8 Å². The molecule has 8 nitrogen and oxygen atoms in total. The highest BCUT2D eigenvalue weighted by Gasteiger charge is 2.42. The highest BCUT2D eigenvalue weighted by atomic mass is 16.5. The van der Waals surface area contributed by atoms with Crippen LogP contribution < -0.4 is 17.0 Å². The topological polar surface area (TPSA) is 120 Å². The summed E-state index contributed by atoms with van der Waals surface area (Å²) in [6.45, 7) is 1.80. The molecule has 0 saturated carbocycles. The van der Waals surface area contributed by atoms with Crippen LogP contribution >= 0.6 is 0 Å². The molecule has 3 rings (SSSR count). The van der Waals surface area contributed by atoms with E-state index in [0.29, 0.717) is 6.42 Å². The van der Waals surface area contributed by atoms with Gasteiger partial charge in [0.2, 0.25) is 0 Å². The molecular formula is C18H23N3O5. The lowest BCUT2D eigenvalue weighted by Crippen LogP contribution is -2.46. The molecule has 140 valence electrons. The van der Waals surface area contributed by atoms with Crippen molar-refractivity contribution in [2.45, 2.75) is 44.4 Å². The Morgan fingerprint density at radius 2 is 1.88 bits per heavy atom. The number of aliphatic hydroxyl groups excluding tert-OH is 2. The summed E-state index contributed by atoms with van der Waals surface area (Å²) >= 11 is 0. The number of nitrogens with zero attached hydrogens (tertiary/aromatic N) is 2. The van der Waals surface area contributed by atoms with Crippen LogP contribution in [0.2, 0.25) is 0 Å². The Hall–Kier alpha value is -2.26. The summed E-state index contributed by atoms with van der Waals surface area (Å²) in [7, 11) is 0. The lowest BCUT2D eigenvalue weighted by Gasteiger charge is -2.19. The van der Waals surface area contributed by atoms with Gasteiger partial charge in [-0.2, -0.15) is 0 Å². The molecule has 1 saturated heterocycles. The molecule has 26 heavy (non-hydrogen) atoms. The summed E-state index contributed by atoms with van der Waals surface area (Å²) in [6.07, 6.45) is -1.07. The van der Waals surface area contributed by atoms with Gasteiger partial charge in [-0.15, -0.1) is 0 Å². The van der Waals surface area contributed by atoms with Crippen LogP contribution in [0, 0.1) is 6.92 Å². The van der Waals surface area contributed by atoms with E-state index in [-0.39, 0.29) is 6.54 Å². The molecule has 1 aromatic carbocycles. The normalized spacial score (nSPS) is 25.5. The van der Waals surface area contributed by atoms with Gasteiger partial charge < -0.3 is 20.7 Å². The fraction of sp³-hybridized carbons (Fsp3) is 0.444. The van der Waals surface area contributed by atoms with Crippen LogP contribution in [-0.4, -0.2) is 44.2 Å². The Bertz CT molecular complexity index is 874. The van der Waals surface area contributed by atoms with E-state index in [0.717, 1.165) is 15.7 Å². The van der Waals surface area contributed by atoms with E-state index < -0.39 is 42.3 Å². The van der Waals surface area contributed by atoms with Crippen molar-refractivity contribution in [2.24, 2.45) is 5.73 Å². The van der Waals surface area contributed by atoms with Crippen LogP contribution in [0.25, 0.3) is 0 Å². The first-order valence-corrected chi connectivity index (χ1v) is 8.50. The summed E-state index contributed by atoms with van der Waals surface area (Å²) < 4.78 is 7.81. The molecule has 1 aliphatic heterocycles. The zero-order valence-corrected chi connectivity index (χ0v) is 14.5. The predicted octanol–water partition coefficient (Wildman–Crippen LogP) is -0.861. The van der Waals surface area contributed by atoms with Gasteiger partial charge in [0.25, 0.3) is 5.56 Å². The van der Waals surface area contributed by atoms with Gasteiger partial charge in [0.1, 0.15) is 12.2 Å². The fourth-order valence-corrected chi connectivity index (χ4v) is 3.10. The Morgan fingerprint density at radius 1 is 1.19 bits per heavy atom. The zero-order chi connectivity index (χ0) is 18.8. The van der Waals surface area contributed by atoms with E-state index in [2.05, 4.69) is 0 Å². The van der Waals surface area contributed by atoms with Crippen molar-refractivity contribution in [3.05, 3.63) is 68.5 Å². The van der Waals surface area contributed by atoms with Gasteiger partial charge >= 0.3 is 5.69 Å². The third kappa shape index (κ3) is 3.49. The highest BCUT2D eigenvalue weighted by Crippen LogP contribution is 2.26. The van der Waals surface area contributed by atoms with Crippen LogP contribution in [0.4, 0.5) is 0 Å². The Balaban J connectivity index is 1.86. The average Bonchev–Trinajstić information content (AvgIpc) is 2.91. The van der Waals surface area contributed by atoms with Crippen molar-refractivity contribution in [1.29, 1.82) is 0 Å². The van der Waals surface area contributed by atoms with E-state index in [1.807, 2.05) is 31.2 Å². The number of hydrogen-bond donors (Lipinski definition) is 3. The predicted molar refractivity (Wildman–Crippen MR) is 94.8 cm³/mol. The number of aliphatic hydroxyl groups is 2. The van der Waals surface area contributed by atoms with E-state index in [1.165, 1.54) is 16.8 Å². The molecule has 4 atom stereocenters. The van der Waals surface area contributed by atoms with E-state index >= 15 is 0 Å². The molecule has 8 heteroatoms. The van der Waals surface area contributed by atoms with Crippen molar-refractivity contribution in [3.8, 4) is 0 Å². The first kappa shape index (κ1) is 18.5. The molecule has 0 amide bonds. The molecular weight excluding hydrogens is 338 g/mol. The van der Waals surface area contributed by atoms with E-state index in [9.17, 15) is 19.8 Å². The van der Waals surface area contributed by atoms with Gasteiger partial charge in [-0.3, -0.25) is 13.9 Å². The molecule has 1 fully saturated rings. The monoisotopic (exact) mass is 361 g/mol. The molecule has 0 bridgehead atoms. The Labute approximate surface area is 150 Å². The minimum atomic E-state index is -1.09. The van der Waals surface area contributed by atoms with Crippen molar-refractivity contribution < 1.29 is 14.9 Å². The third-order valence-corrected chi connectivity index (χ3v) is 4.71. The number of ether oxygens (including phenoxy) is 1. The van der Waals surface area contributed by atoms with Gasteiger partial charge in [0.15, 0.2) is 6.23 Å². The van der Waals surface area contributed by atoms with Crippen LogP contribution in [0.3, 0.4) is 0 Å². The highest BCUT2D eigenvalue weighted by molar-refractivity contribution is 5.21. The number of benzene rings is 1. The fourth-order valence-electron chi connectivity index (χ4n) is 3.10. The first-order chi connectivity index (χ1) is 12.4. The number of nitrogens with two attached hydrogens (primary N) is 1. The lowest BCUT2D eigenvalue weighted by atomic mass is 10.1. The maximum atomic E-state index is 12.7. The van der Waals surface area contributed by atoms with Crippen molar-refractivity contribution in [3.63, 3.8) is 0 Å². The van der Waals surface area contributed by atoms with Crippen LogP contribution in [-0.2, 0) is 17.7 Å². The summed E-state index contributed by atoms with van der Waals surface area (Å²) in [5.41, 5.74) is 7.10. The molecule has 1 aromatic heterocycles. The Morgan fingerprint density at radius 3 is 2.50 bits per heavy atom. The van der Waals surface area contributed by atoms with Gasteiger partial charge in [-0.05, 0) is 18.9 Å². The number of aryl methyl sites for hydroxylation is 2. The summed E-state index contributed by atoms with van der Waals surface area (Å²) in [6, 6.07) is 8.26. The maximum absolute atomic E-state index is 12.7.